The molecule has 0 spiro atoms. The van der Waals surface area contributed by atoms with E-state index in [1.165, 1.54) is 60.9 Å². The van der Waals surface area contributed by atoms with Crippen LogP contribution in [0.25, 0.3) is 0 Å². The molecule has 0 saturated carbocycles. The van der Waals surface area contributed by atoms with Crippen LogP contribution in [0.2, 0.25) is 5.82 Å². The topological polar surface area (TPSA) is 3.24 Å². The molecule has 8 aliphatic rings. The Morgan fingerprint density at radius 3 is 1.91 bits per heavy atom. The smallest absolute Gasteiger partial charge is 0.216 e. The second-order valence-corrected chi connectivity index (χ2v) is 24.3. The summed E-state index contributed by atoms with van der Waals surface area (Å²) in [5, 5.41) is 0. The first-order valence-electron chi connectivity index (χ1n) is 26.0. The summed E-state index contributed by atoms with van der Waals surface area (Å²) in [6.45, 7) is 22.9. The third-order valence-electron chi connectivity index (χ3n) is 18.8. The molecule has 7 unspecified atom stereocenters. The van der Waals surface area contributed by atoms with E-state index in [9.17, 15) is 0 Å². The van der Waals surface area contributed by atoms with Gasteiger partial charge in [0.2, 0.25) is 6.71 Å². The van der Waals surface area contributed by atoms with Crippen LogP contribution >= 0.6 is 0 Å². The van der Waals surface area contributed by atoms with E-state index < -0.39 is 0 Å². The minimum Gasteiger partial charge on any atom is -0.319 e. The minimum absolute atomic E-state index is 0.0597. The second-order valence-electron chi connectivity index (χ2n) is 24.3. The van der Waals surface area contributed by atoms with E-state index in [4.69, 9.17) is 0 Å². The third-order valence-corrected chi connectivity index (χ3v) is 18.8. The molecular weight excluding hydrogens is 782 g/mol. The van der Waals surface area contributed by atoms with Gasteiger partial charge in [-0.2, -0.15) is 0 Å². The molecule has 0 fully saturated rings. The maximum Gasteiger partial charge on any atom is 0.216 e. The Morgan fingerprint density at radius 2 is 1.31 bits per heavy atom. The zero-order chi connectivity index (χ0) is 45.3. The average molecular weight is 860 g/mol. The number of allylic oxidation sites excluding steroid dienone is 20. The molecule has 6 aliphatic carbocycles. The zero-order valence-electron chi connectivity index (χ0n) is 41.5. The summed E-state index contributed by atoms with van der Waals surface area (Å²) in [5.41, 5.74) is 16.3. The quantitative estimate of drug-likeness (QED) is 0.179. The van der Waals surface area contributed by atoms with Crippen molar-refractivity contribution < 1.29 is 0 Å². The standard InChI is InChI=1S/C63H78BN/c1-60(2,3)49-34-38-52-54(40-43-28-30-47(31-29-43)61(4,5)44-20-13-10-14-21-44)53-26-19-27-58-59(53)64(55(52)41-49)56-42-50(63(8,9)46-24-17-12-18-25-46)35-39-57(56)65(58)51-36-32-48(33-37-51)62(6,7)45-22-15-11-16-23-45/h10-11,13-17,20,22,24,26,28-34,36-39,44-46,49-50,54,56H,12,18-19,21,23,25,27,35,40-42H2,1-9H3. The van der Waals surface area contributed by atoms with E-state index in [1.807, 2.05) is 0 Å². The molecule has 1 nitrogen and oxygen atoms in total. The molecule has 0 N–H and O–H groups in total. The molecule has 338 valence electrons. The molecule has 0 aromatic heterocycles. The van der Waals surface area contributed by atoms with Crippen LogP contribution in [0.15, 0.2) is 167 Å². The molecule has 10 rings (SSSR count). The number of anilines is 1. The van der Waals surface area contributed by atoms with Crippen LogP contribution in [0.3, 0.4) is 0 Å². The van der Waals surface area contributed by atoms with Gasteiger partial charge < -0.3 is 4.90 Å². The first-order chi connectivity index (χ1) is 31.1. The monoisotopic (exact) mass is 860 g/mol. The molecule has 7 atom stereocenters. The molecule has 2 aromatic carbocycles. The molecule has 0 saturated heterocycles. The molecule has 0 bridgehead atoms. The van der Waals surface area contributed by atoms with Gasteiger partial charge in [0.15, 0.2) is 0 Å². The number of benzene rings is 2. The fourth-order valence-corrected chi connectivity index (χ4v) is 14.0. The summed E-state index contributed by atoms with van der Waals surface area (Å²) in [5.74, 6) is 3.68. The summed E-state index contributed by atoms with van der Waals surface area (Å²) in [4.78, 5) is 2.83. The van der Waals surface area contributed by atoms with Gasteiger partial charge in [0.05, 0.1) is 0 Å². The van der Waals surface area contributed by atoms with Crippen molar-refractivity contribution in [2.24, 2.45) is 46.3 Å². The van der Waals surface area contributed by atoms with Gasteiger partial charge in [-0.05, 0) is 168 Å². The number of hydrogen-bond donors (Lipinski definition) is 0. The first kappa shape index (κ1) is 44.5. The van der Waals surface area contributed by atoms with Gasteiger partial charge in [0.1, 0.15) is 0 Å². The highest BCUT2D eigenvalue weighted by Crippen LogP contribution is 2.61. The van der Waals surface area contributed by atoms with Gasteiger partial charge in [-0.1, -0.05) is 195 Å². The molecule has 0 amide bonds. The fourth-order valence-electron chi connectivity index (χ4n) is 14.0. The number of hydrogen-bond acceptors (Lipinski definition) is 1. The van der Waals surface area contributed by atoms with Gasteiger partial charge in [-0.25, -0.2) is 0 Å². The van der Waals surface area contributed by atoms with Crippen molar-refractivity contribution in [2.75, 3.05) is 4.90 Å². The summed E-state index contributed by atoms with van der Waals surface area (Å²) in [7, 11) is 0. The van der Waals surface area contributed by atoms with Crippen LogP contribution in [-0.2, 0) is 17.3 Å². The van der Waals surface area contributed by atoms with Crippen LogP contribution in [0.4, 0.5) is 5.69 Å². The van der Waals surface area contributed by atoms with Crippen molar-refractivity contribution in [3.05, 3.63) is 184 Å². The van der Waals surface area contributed by atoms with E-state index in [2.05, 4.69) is 201 Å². The Bertz CT molecular complexity index is 2460. The van der Waals surface area contributed by atoms with Crippen LogP contribution < -0.4 is 4.90 Å². The van der Waals surface area contributed by atoms with Crippen LogP contribution in [0.1, 0.15) is 143 Å². The molecule has 2 heteroatoms. The third kappa shape index (κ3) is 7.99. The average Bonchev–Trinajstić information content (AvgIpc) is 3.32. The maximum atomic E-state index is 2.83. The Hall–Kier alpha value is -4.30. The van der Waals surface area contributed by atoms with E-state index in [0.29, 0.717) is 48.0 Å². The lowest BCUT2D eigenvalue weighted by Crippen LogP contribution is -2.50. The Labute approximate surface area is 395 Å². The molecular formula is C63H78BN. The Balaban J connectivity index is 1.09. The van der Waals surface area contributed by atoms with E-state index in [-0.39, 0.29) is 21.7 Å². The van der Waals surface area contributed by atoms with Crippen LogP contribution in [0, 0.1) is 46.3 Å². The SMILES string of the molecule is CC(C)(C)C1C=CC2=C(C1)B1C3=C(CCC=C3C2Cc2ccc(C(C)(C)C3C=CC=CC3)cc2)N(c2ccc(C(C)(C)C3C=CC=CC3)cc2)C2=CCC(C(C)(C)C3C=CCCC3)CC12. The van der Waals surface area contributed by atoms with Crippen LogP contribution in [0.5, 0.6) is 0 Å². The lowest BCUT2D eigenvalue weighted by atomic mass is 9.24. The van der Waals surface area contributed by atoms with Crippen molar-refractivity contribution >= 4 is 12.4 Å². The van der Waals surface area contributed by atoms with Crippen molar-refractivity contribution in [3.63, 3.8) is 0 Å². The van der Waals surface area contributed by atoms with Gasteiger partial charge >= 0.3 is 0 Å². The normalized spacial score (nSPS) is 28.8. The number of nitrogens with zero attached hydrogens (tertiary/aromatic N) is 1. The highest BCUT2D eigenvalue weighted by Gasteiger charge is 2.54. The minimum atomic E-state index is 0.0597. The summed E-state index contributed by atoms with van der Waals surface area (Å²) >= 11 is 0. The van der Waals surface area contributed by atoms with E-state index in [1.54, 1.807) is 33.5 Å². The van der Waals surface area contributed by atoms with Gasteiger partial charge in [-0.3, -0.25) is 0 Å². The number of rotatable bonds is 9. The lowest BCUT2D eigenvalue weighted by molar-refractivity contribution is 0.121. The van der Waals surface area contributed by atoms with Crippen molar-refractivity contribution in [2.45, 2.75) is 150 Å². The lowest BCUT2D eigenvalue weighted by Gasteiger charge is -2.55. The molecule has 2 heterocycles. The predicted octanol–water partition coefficient (Wildman–Crippen LogP) is 16.7. The van der Waals surface area contributed by atoms with Gasteiger partial charge in [0.25, 0.3) is 0 Å². The Morgan fingerprint density at radius 1 is 0.646 bits per heavy atom. The zero-order valence-corrected chi connectivity index (χ0v) is 41.5. The van der Waals surface area contributed by atoms with Crippen LogP contribution in [-0.4, -0.2) is 6.71 Å². The molecule has 0 radical (unpaired) electrons. The fraction of sp³-hybridized carbons (Fsp3) is 0.492. The summed E-state index contributed by atoms with van der Waals surface area (Å²) in [6, 6.07) is 19.9. The maximum absolute atomic E-state index is 2.83. The molecule has 2 aromatic rings. The first-order valence-corrected chi connectivity index (χ1v) is 26.0. The van der Waals surface area contributed by atoms with Gasteiger partial charge in [-0.15, -0.1) is 0 Å². The molecule has 65 heavy (non-hydrogen) atoms. The summed E-state index contributed by atoms with van der Waals surface area (Å²) < 4.78 is 0. The van der Waals surface area contributed by atoms with E-state index >= 15 is 0 Å². The second kappa shape index (κ2) is 17.1. The van der Waals surface area contributed by atoms with Crippen molar-refractivity contribution in [3.8, 4) is 0 Å². The van der Waals surface area contributed by atoms with Gasteiger partial charge in [0, 0.05) is 23.0 Å². The highest BCUT2D eigenvalue weighted by atomic mass is 15.2. The van der Waals surface area contributed by atoms with E-state index in [0.717, 1.165) is 32.1 Å². The summed E-state index contributed by atoms with van der Waals surface area (Å²) in [6.07, 6.45) is 47.3. The number of fused-ring (bicyclic) bond motifs is 3. The van der Waals surface area contributed by atoms with Crippen molar-refractivity contribution in [1.82, 2.24) is 0 Å². The highest BCUT2D eigenvalue weighted by molar-refractivity contribution is 6.78. The van der Waals surface area contributed by atoms with Crippen molar-refractivity contribution in [1.29, 1.82) is 0 Å². The molecule has 2 aliphatic heterocycles. The Kier molecular flexibility index (Phi) is 11.7. The largest absolute Gasteiger partial charge is 0.319 e. The predicted molar refractivity (Wildman–Crippen MR) is 280 cm³/mol.